The maximum atomic E-state index is 3.38. The number of halogens is 2. The summed E-state index contributed by atoms with van der Waals surface area (Å²) in [5, 5.41) is 5.47. The van der Waals surface area contributed by atoms with Gasteiger partial charge in [-0.05, 0) is 67.9 Å². The van der Waals surface area contributed by atoms with E-state index in [4.69, 9.17) is 0 Å². The van der Waals surface area contributed by atoms with Crippen molar-refractivity contribution in [3.63, 3.8) is 0 Å². The predicted molar refractivity (Wildman–Crippen MR) is 239 cm³/mol. The van der Waals surface area contributed by atoms with E-state index < -0.39 is 0 Å². The molecule has 0 spiro atoms. The summed E-state index contributed by atoms with van der Waals surface area (Å²) < 4.78 is 0. The van der Waals surface area contributed by atoms with Crippen molar-refractivity contribution < 1.29 is 51.0 Å². The molecular formula is C53H68Cl2Zr-4. The molecule has 0 saturated heterocycles. The van der Waals surface area contributed by atoms with Crippen LogP contribution in [0.5, 0.6) is 0 Å². The Hall–Kier alpha value is -2.44. The molecule has 0 aromatic heterocycles. The largest absolute Gasteiger partial charge is 2.00 e. The molecule has 0 nitrogen and oxygen atoms in total. The molecular weight excluding hydrogens is 799 g/mol. The minimum absolute atomic E-state index is 0. The number of aryl methyl sites for hydroxylation is 2. The van der Waals surface area contributed by atoms with Crippen molar-refractivity contribution in [2.45, 2.75) is 138 Å². The van der Waals surface area contributed by atoms with E-state index in [1.165, 1.54) is 77.2 Å². The van der Waals surface area contributed by atoms with Crippen LogP contribution in [0.4, 0.5) is 0 Å². The van der Waals surface area contributed by atoms with Crippen LogP contribution in [0.1, 0.15) is 137 Å². The second-order valence-electron chi connectivity index (χ2n) is 19.0. The van der Waals surface area contributed by atoms with Gasteiger partial charge in [0.15, 0.2) is 0 Å². The van der Waals surface area contributed by atoms with Gasteiger partial charge in [-0.1, -0.05) is 157 Å². The zero-order valence-electron chi connectivity index (χ0n) is 37.0. The molecule has 0 aliphatic rings. The van der Waals surface area contributed by atoms with Crippen molar-refractivity contribution in [3.05, 3.63) is 144 Å². The molecule has 0 fully saturated rings. The summed E-state index contributed by atoms with van der Waals surface area (Å²) in [6, 6.07) is 37.1. The Morgan fingerprint density at radius 2 is 0.714 bits per heavy atom. The van der Waals surface area contributed by atoms with Gasteiger partial charge in [-0.3, -0.25) is 0 Å². The first kappa shape index (κ1) is 51.6. The van der Waals surface area contributed by atoms with Gasteiger partial charge < -0.3 is 45.1 Å². The standard InChI is InChI=1S/2C25H31.C3H6.2ClH.Zr/c2*1-8-17-12-18-10-9-11-22(23(18)13-17)19-14-20(24(2,3)4)16-21(15-19)25(5,6)7;1-3-2;;;/h2*9-16H,8H2,1-7H3;1-3H2;2*1H;/q2*-1;-2;;;+2/p-2. The number of hydrogen-bond donors (Lipinski definition) is 0. The molecule has 0 atom stereocenters. The van der Waals surface area contributed by atoms with Crippen LogP contribution in [0.3, 0.4) is 0 Å². The molecule has 6 aromatic rings. The fraction of sp³-hybridized carbons (Fsp3) is 0.396. The van der Waals surface area contributed by atoms with Gasteiger partial charge in [0, 0.05) is 0 Å². The second-order valence-corrected chi connectivity index (χ2v) is 19.0. The van der Waals surface area contributed by atoms with Crippen LogP contribution >= 0.6 is 0 Å². The van der Waals surface area contributed by atoms with Crippen LogP contribution in [-0.4, -0.2) is 0 Å². The predicted octanol–water partition coefficient (Wildman–Crippen LogP) is 9.82. The summed E-state index contributed by atoms with van der Waals surface area (Å²) >= 11 is 0. The van der Waals surface area contributed by atoms with Crippen LogP contribution in [0, 0.1) is 13.8 Å². The third kappa shape index (κ3) is 12.8. The number of rotatable bonds is 4. The number of fused-ring (bicyclic) bond motifs is 2. The molecule has 0 aliphatic heterocycles. The topological polar surface area (TPSA) is 0 Å². The van der Waals surface area contributed by atoms with Gasteiger partial charge in [0.25, 0.3) is 0 Å². The first-order chi connectivity index (χ1) is 24.6. The van der Waals surface area contributed by atoms with Gasteiger partial charge in [-0.25, -0.2) is 0 Å². The minimum Gasteiger partial charge on any atom is -1.00 e. The minimum atomic E-state index is 0. The van der Waals surface area contributed by atoms with E-state index in [1.54, 1.807) is 0 Å². The smallest absolute Gasteiger partial charge is 1.00 e. The first-order valence-corrected chi connectivity index (χ1v) is 19.9. The van der Waals surface area contributed by atoms with E-state index in [0.717, 1.165) is 19.3 Å². The van der Waals surface area contributed by atoms with Crippen LogP contribution in [-0.2, 0) is 60.7 Å². The van der Waals surface area contributed by atoms with Crippen LogP contribution in [0.2, 0.25) is 0 Å². The van der Waals surface area contributed by atoms with Gasteiger partial charge in [-0.2, -0.15) is 12.1 Å². The summed E-state index contributed by atoms with van der Waals surface area (Å²) in [6.45, 7) is 38.8. The van der Waals surface area contributed by atoms with Crippen molar-refractivity contribution >= 4 is 21.5 Å². The van der Waals surface area contributed by atoms with Gasteiger partial charge in [0.05, 0.1) is 0 Å². The molecule has 0 unspecified atom stereocenters. The Kier molecular flexibility index (Phi) is 18.9. The van der Waals surface area contributed by atoms with E-state index in [1.807, 2.05) is 0 Å². The van der Waals surface area contributed by atoms with E-state index in [0.29, 0.717) is 0 Å². The maximum absolute atomic E-state index is 3.38. The maximum Gasteiger partial charge on any atom is 2.00 e. The number of benzene rings is 4. The van der Waals surface area contributed by atoms with Gasteiger partial charge in [0.1, 0.15) is 0 Å². The zero-order chi connectivity index (χ0) is 39.5. The fourth-order valence-electron chi connectivity index (χ4n) is 6.80. The average Bonchev–Trinajstić information content (AvgIpc) is 3.71. The Balaban J connectivity index is 0.000000498. The SMILES string of the molecule is CCc1cc2c(-c3cc(C(C)(C)C)cc(C(C)(C)C)c3)cccc2[cH-]1.CCc1cc2c(-c3cc(C(C)(C)C)cc(C(C)(C)C)c3)cccc2[cH-]1.[CH2-]C[CH2-].[Cl-].[Cl-].[Zr+2]. The van der Waals surface area contributed by atoms with Crippen molar-refractivity contribution in [2.75, 3.05) is 0 Å². The molecule has 3 heteroatoms. The fourth-order valence-corrected chi connectivity index (χ4v) is 6.80. The van der Waals surface area contributed by atoms with Gasteiger partial charge >= 0.3 is 26.2 Å². The summed E-state index contributed by atoms with van der Waals surface area (Å²) in [4.78, 5) is 0. The summed E-state index contributed by atoms with van der Waals surface area (Å²) in [5.41, 5.74) is 14.5. The molecule has 56 heavy (non-hydrogen) atoms. The van der Waals surface area contributed by atoms with Crippen molar-refractivity contribution in [1.82, 2.24) is 0 Å². The molecule has 0 saturated carbocycles. The third-order valence-corrected chi connectivity index (χ3v) is 10.4. The number of hydrogen-bond acceptors (Lipinski definition) is 0. The Morgan fingerprint density at radius 1 is 0.446 bits per heavy atom. The van der Waals surface area contributed by atoms with Gasteiger partial charge in [-0.15, -0.1) is 69.1 Å². The van der Waals surface area contributed by atoms with E-state index >= 15 is 0 Å². The quantitative estimate of drug-likeness (QED) is 0.155. The summed E-state index contributed by atoms with van der Waals surface area (Å²) in [6.07, 6.45) is 2.92. The summed E-state index contributed by atoms with van der Waals surface area (Å²) in [5.74, 6) is 0. The first-order valence-electron chi connectivity index (χ1n) is 19.9. The summed E-state index contributed by atoms with van der Waals surface area (Å²) in [7, 11) is 0. The molecule has 0 bridgehead atoms. The van der Waals surface area contributed by atoms with Crippen molar-refractivity contribution in [3.8, 4) is 22.3 Å². The van der Waals surface area contributed by atoms with Crippen molar-refractivity contribution in [1.29, 1.82) is 0 Å². The molecule has 0 heterocycles. The molecule has 302 valence electrons. The van der Waals surface area contributed by atoms with E-state index in [2.05, 4.69) is 208 Å². The Bertz CT molecular complexity index is 1910. The molecule has 6 aromatic carbocycles. The molecule has 0 amide bonds. The van der Waals surface area contributed by atoms with Crippen LogP contribution in [0.25, 0.3) is 43.8 Å². The normalized spacial score (nSPS) is 11.7. The molecule has 0 radical (unpaired) electrons. The van der Waals surface area contributed by atoms with Gasteiger partial charge in [0.2, 0.25) is 0 Å². The second kappa shape index (κ2) is 20.5. The van der Waals surface area contributed by atoms with Crippen LogP contribution < -0.4 is 24.8 Å². The Labute approximate surface area is 374 Å². The zero-order valence-corrected chi connectivity index (χ0v) is 41.0. The Morgan fingerprint density at radius 3 is 0.946 bits per heavy atom. The van der Waals surface area contributed by atoms with E-state index in [-0.39, 0.29) is 72.7 Å². The van der Waals surface area contributed by atoms with E-state index in [9.17, 15) is 0 Å². The molecule has 0 N–H and O–H groups in total. The monoisotopic (exact) mass is 864 g/mol. The van der Waals surface area contributed by atoms with Crippen molar-refractivity contribution in [2.24, 2.45) is 0 Å². The third-order valence-electron chi connectivity index (χ3n) is 10.4. The molecule has 0 aliphatic carbocycles. The van der Waals surface area contributed by atoms with Crippen LogP contribution in [0.15, 0.2) is 97.1 Å². The molecule has 6 rings (SSSR count). The average molecular weight is 867 g/mol.